The minimum Gasteiger partial charge on any atom is -0.455 e. The van der Waals surface area contributed by atoms with Crippen LogP contribution in [-0.2, 0) is 5.41 Å². The van der Waals surface area contributed by atoms with Crippen molar-refractivity contribution in [3.63, 3.8) is 0 Å². The van der Waals surface area contributed by atoms with Crippen LogP contribution in [-0.4, -0.2) is 20.7 Å². The van der Waals surface area contributed by atoms with Gasteiger partial charge in [0.05, 0.1) is 17.3 Å². The summed E-state index contributed by atoms with van der Waals surface area (Å²) in [6.45, 7) is 5.99. The van der Waals surface area contributed by atoms with Crippen LogP contribution in [0.1, 0.15) is 31.9 Å². The highest BCUT2D eigenvalue weighted by atomic mass is 19.1. The van der Waals surface area contributed by atoms with E-state index in [2.05, 4.69) is 42.5 Å². The molecule has 40 heavy (non-hydrogen) atoms. The molecule has 0 fully saturated rings. The molecule has 0 bridgehead atoms. The Morgan fingerprint density at radius 1 is 0.775 bits per heavy atom. The van der Waals surface area contributed by atoms with Gasteiger partial charge in [-0.25, -0.2) is 4.39 Å². The summed E-state index contributed by atoms with van der Waals surface area (Å²) in [5, 5.41) is 11.6. The lowest BCUT2D eigenvalue weighted by atomic mass is 9.76. The second-order valence-electron chi connectivity index (χ2n) is 11.3. The molecule has 2 heterocycles. The molecule has 0 aliphatic carbocycles. The molecule has 2 aromatic heterocycles. The van der Waals surface area contributed by atoms with Crippen LogP contribution in [0.3, 0.4) is 0 Å². The van der Waals surface area contributed by atoms with Gasteiger partial charge in [-0.3, -0.25) is 4.98 Å². The van der Waals surface area contributed by atoms with Crippen molar-refractivity contribution in [3.8, 4) is 39.6 Å². The minimum absolute atomic E-state index is 0.236. The maximum Gasteiger partial charge on any atom is 0.164 e. The summed E-state index contributed by atoms with van der Waals surface area (Å²) in [5.74, 6) is -0.236. The predicted molar refractivity (Wildman–Crippen MR) is 168 cm³/mol. The van der Waals surface area contributed by atoms with Crippen molar-refractivity contribution >= 4 is 48.7 Å². The predicted octanol–water partition coefficient (Wildman–Crippen LogP) is 5.81. The van der Waals surface area contributed by atoms with Crippen LogP contribution < -0.4 is 11.1 Å². The minimum atomic E-state index is -0.373. The van der Waals surface area contributed by atoms with Gasteiger partial charge in [0.15, 0.2) is 7.85 Å². The molecule has 6 heteroatoms. The van der Waals surface area contributed by atoms with Crippen molar-refractivity contribution in [2.45, 2.75) is 26.2 Å². The molecule has 3 nitrogen and oxygen atoms in total. The van der Waals surface area contributed by atoms with Gasteiger partial charge < -0.3 is 4.42 Å². The molecule has 0 unspecified atom stereocenters. The van der Waals surface area contributed by atoms with Crippen LogP contribution in [0.2, 0.25) is 0 Å². The topological polar surface area (TPSA) is 49.8 Å². The van der Waals surface area contributed by atoms with E-state index in [9.17, 15) is 5.26 Å². The summed E-state index contributed by atoms with van der Waals surface area (Å²) in [6.07, 6.45) is 0. The second kappa shape index (κ2) is 9.54. The zero-order chi connectivity index (χ0) is 28.2. The summed E-state index contributed by atoms with van der Waals surface area (Å²) in [4.78, 5) is 4.89. The number of nitrogens with zero attached hydrogens (tertiary/aromatic N) is 2. The lowest BCUT2D eigenvalue weighted by Crippen LogP contribution is -2.34. The number of para-hydroxylation sites is 1. The van der Waals surface area contributed by atoms with E-state index in [1.54, 1.807) is 7.85 Å². The zero-order valence-corrected chi connectivity index (χ0v) is 23.3. The first-order valence-corrected chi connectivity index (χ1v) is 13.4. The van der Waals surface area contributed by atoms with Gasteiger partial charge in [0.1, 0.15) is 24.8 Å². The van der Waals surface area contributed by atoms with Crippen molar-refractivity contribution in [2.24, 2.45) is 0 Å². The van der Waals surface area contributed by atoms with Crippen LogP contribution in [0.25, 0.3) is 55.4 Å². The lowest BCUT2D eigenvalue weighted by molar-refractivity contribution is 0.529. The molecule has 0 N–H and O–H groups in total. The average molecular weight is 520 g/mol. The Bertz CT molecular complexity index is 1970. The highest BCUT2D eigenvalue weighted by Gasteiger charge is 2.26. The monoisotopic (exact) mass is 520 g/mol. The van der Waals surface area contributed by atoms with Gasteiger partial charge in [-0.15, -0.1) is 0 Å². The number of halogens is 1. The van der Waals surface area contributed by atoms with E-state index in [-0.39, 0.29) is 11.2 Å². The SMILES string of the molecule is Bc1nc(-c2cccc3c2oc2c(-c4ccc(-c5ccccc5)cc4)ccc(C#N)c23)c(B)c(F)c1C(C)(C)C. The number of furan rings is 1. The molecule has 0 aliphatic rings. The van der Waals surface area contributed by atoms with Gasteiger partial charge in [-0.1, -0.05) is 87.5 Å². The molecule has 192 valence electrons. The molecular formula is C34H27B2FN2O. The Morgan fingerprint density at radius 2 is 1.45 bits per heavy atom. The third-order valence-corrected chi connectivity index (χ3v) is 7.62. The Morgan fingerprint density at radius 3 is 2.12 bits per heavy atom. The average Bonchev–Trinajstić information content (AvgIpc) is 3.34. The maximum absolute atomic E-state index is 15.8. The van der Waals surface area contributed by atoms with Crippen molar-refractivity contribution in [1.29, 1.82) is 5.26 Å². The molecule has 0 spiro atoms. The van der Waals surface area contributed by atoms with Crippen LogP contribution >= 0.6 is 0 Å². The van der Waals surface area contributed by atoms with Crippen LogP contribution in [0, 0.1) is 17.1 Å². The maximum atomic E-state index is 15.8. The standard InChI is InChI=1S/C34H27B2FN2O/c1-34(2,3)27-29(37)28(35)30(39-33(27)36)25-11-7-10-24-26-22(18-38)16-17-23(32(26)40-31(24)25)21-14-12-20(13-15-21)19-8-5-4-6-9-19/h4-17H,35-36H2,1-3H3. The quantitative estimate of drug-likeness (QED) is 0.277. The van der Waals surface area contributed by atoms with Crippen LogP contribution in [0.4, 0.5) is 4.39 Å². The van der Waals surface area contributed by atoms with Gasteiger partial charge in [-0.05, 0) is 45.8 Å². The number of nitriles is 1. The van der Waals surface area contributed by atoms with E-state index in [4.69, 9.17) is 9.40 Å². The molecule has 0 radical (unpaired) electrons. The highest BCUT2D eigenvalue weighted by Crippen LogP contribution is 2.41. The van der Waals surface area contributed by atoms with Crippen molar-refractivity contribution in [3.05, 3.63) is 102 Å². The second-order valence-corrected chi connectivity index (χ2v) is 11.3. The largest absolute Gasteiger partial charge is 0.455 e. The highest BCUT2D eigenvalue weighted by molar-refractivity contribution is 6.38. The Hall–Kier alpha value is -4.62. The molecule has 0 amide bonds. The van der Waals surface area contributed by atoms with E-state index in [0.717, 1.165) is 33.0 Å². The van der Waals surface area contributed by atoms with Gasteiger partial charge >= 0.3 is 0 Å². The number of fused-ring (bicyclic) bond motifs is 3. The van der Waals surface area contributed by atoms with E-state index in [1.807, 2.05) is 77.1 Å². The van der Waals surface area contributed by atoms with Gasteiger partial charge in [0.2, 0.25) is 0 Å². The van der Waals surface area contributed by atoms with Crippen LogP contribution in [0.5, 0.6) is 0 Å². The van der Waals surface area contributed by atoms with Crippen molar-refractivity contribution < 1.29 is 8.81 Å². The molecule has 0 saturated heterocycles. The normalized spacial score (nSPS) is 11.7. The summed E-state index contributed by atoms with van der Waals surface area (Å²) in [7, 11) is 3.63. The Labute approximate surface area is 235 Å². The molecule has 0 saturated carbocycles. The Balaban J connectivity index is 1.58. The first-order valence-electron chi connectivity index (χ1n) is 13.4. The van der Waals surface area contributed by atoms with E-state index < -0.39 is 0 Å². The number of aromatic nitrogens is 1. The summed E-state index contributed by atoms with van der Waals surface area (Å²) in [6, 6.07) is 30.5. The Kier molecular flexibility index (Phi) is 6.11. The third-order valence-electron chi connectivity index (χ3n) is 7.62. The lowest BCUT2D eigenvalue weighted by Gasteiger charge is -2.24. The fraction of sp³-hybridized carbons (Fsp3) is 0.118. The van der Waals surface area contributed by atoms with Gasteiger partial charge in [0.25, 0.3) is 0 Å². The smallest absolute Gasteiger partial charge is 0.164 e. The summed E-state index contributed by atoms with van der Waals surface area (Å²) in [5.41, 5.74) is 8.59. The number of hydrogen-bond donors (Lipinski definition) is 0. The number of rotatable bonds is 3. The number of pyridine rings is 1. The first-order chi connectivity index (χ1) is 19.2. The number of benzene rings is 4. The zero-order valence-electron chi connectivity index (χ0n) is 23.3. The fourth-order valence-corrected chi connectivity index (χ4v) is 5.77. The van der Waals surface area contributed by atoms with Crippen molar-refractivity contribution in [2.75, 3.05) is 0 Å². The molecule has 6 aromatic rings. The van der Waals surface area contributed by atoms with Crippen molar-refractivity contribution in [1.82, 2.24) is 4.98 Å². The van der Waals surface area contributed by atoms with E-state index in [1.165, 1.54) is 0 Å². The summed E-state index contributed by atoms with van der Waals surface area (Å²) < 4.78 is 22.4. The molecular weight excluding hydrogens is 493 g/mol. The molecule has 6 rings (SSSR count). The molecule has 0 aliphatic heterocycles. The molecule has 4 aromatic carbocycles. The van der Waals surface area contributed by atoms with Crippen LogP contribution in [0.15, 0.2) is 89.3 Å². The van der Waals surface area contributed by atoms with E-state index >= 15 is 4.39 Å². The van der Waals surface area contributed by atoms with E-state index in [0.29, 0.717) is 44.6 Å². The van der Waals surface area contributed by atoms with Gasteiger partial charge in [0, 0.05) is 33.1 Å². The molecule has 0 atom stereocenters. The first kappa shape index (κ1) is 25.6. The third kappa shape index (κ3) is 4.10. The fourth-order valence-electron chi connectivity index (χ4n) is 5.77. The summed E-state index contributed by atoms with van der Waals surface area (Å²) >= 11 is 0. The number of hydrogen-bond acceptors (Lipinski definition) is 3. The van der Waals surface area contributed by atoms with Gasteiger partial charge in [-0.2, -0.15) is 5.26 Å².